The lowest BCUT2D eigenvalue weighted by Crippen LogP contribution is -2.15. The Labute approximate surface area is 170 Å². The van der Waals surface area contributed by atoms with Crippen LogP contribution in [0.3, 0.4) is 0 Å². The SMILES string of the molecule is CCc1ccc(-c2cc(C(F)(F)F)on2)cc1S(=O)(=O)Nc1ccc(C(C)=O)cc1. The molecule has 30 heavy (non-hydrogen) atoms. The summed E-state index contributed by atoms with van der Waals surface area (Å²) < 4.78 is 70.9. The number of aromatic nitrogens is 1. The number of rotatable bonds is 6. The summed E-state index contributed by atoms with van der Waals surface area (Å²) in [5, 5.41) is 3.40. The monoisotopic (exact) mass is 438 g/mol. The second-order valence-electron chi connectivity index (χ2n) is 6.49. The Kier molecular flexibility index (Phi) is 5.71. The minimum Gasteiger partial charge on any atom is -0.351 e. The summed E-state index contributed by atoms with van der Waals surface area (Å²) >= 11 is 0. The normalized spacial score (nSPS) is 12.0. The zero-order valence-corrected chi connectivity index (χ0v) is 16.8. The van der Waals surface area contributed by atoms with Crippen LogP contribution in [0.4, 0.5) is 18.9 Å². The molecule has 0 spiro atoms. The fraction of sp³-hybridized carbons (Fsp3) is 0.200. The van der Waals surface area contributed by atoms with E-state index in [2.05, 4.69) is 14.4 Å². The van der Waals surface area contributed by atoms with E-state index in [1.807, 2.05) is 0 Å². The highest BCUT2D eigenvalue weighted by Gasteiger charge is 2.36. The highest BCUT2D eigenvalue weighted by molar-refractivity contribution is 7.92. The van der Waals surface area contributed by atoms with Gasteiger partial charge < -0.3 is 4.52 Å². The van der Waals surface area contributed by atoms with E-state index < -0.39 is 22.0 Å². The van der Waals surface area contributed by atoms with Gasteiger partial charge in [-0.1, -0.05) is 24.2 Å². The number of alkyl halides is 3. The lowest BCUT2D eigenvalue weighted by Gasteiger charge is -2.13. The molecule has 6 nitrogen and oxygen atoms in total. The van der Waals surface area contributed by atoms with Crippen LogP contribution in [0.2, 0.25) is 0 Å². The largest absolute Gasteiger partial charge is 0.452 e. The first kappa shape index (κ1) is 21.6. The van der Waals surface area contributed by atoms with Crippen molar-refractivity contribution in [2.75, 3.05) is 4.72 Å². The van der Waals surface area contributed by atoms with Gasteiger partial charge in [0.2, 0.25) is 5.76 Å². The third-order valence-corrected chi connectivity index (χ3v) is 5.83. The second kappa shape index (κ2) is 7.94. The number of nitrogens with zero attached hydrogens (tertiary/aromatic N) is 1. The molecule has 3 aromatic rings. The van der Waals surface area contributed by atoms with Crippen LogP contribution in [0.15, 0.2) is 57.9 Å². The van der Waals surface area contributed by atoms with Gasteiger partial charge in [0.05, 0.1) is 4.90 Å². The Morgan fingerprint density at radius 2 is 1.77 bits per heavy atom. The number of aryl methyl sites for hydroxylation is 1. The number of carbonyl (C=O) groups is 1. The molecule has 0 amide bonds. The molecule has 0 saturated heterocycles. The van der Waals surface area contributed by atoms with Crippen LogP contribution in [-0.2, 0) is 22.6 Å². The van der Waals surface area contributed by atoms with E-state index in [-0.39, 0.29) is 27.6 Å². The van der Waals surface area contributed by atoms with Crippen molar-refractivity contribution in [3.63, 3.8) is 0 Å². The average Bonchev–Trinajstić information content (AvgIpc) is 3.18. The molecule has 158 valence electrons. The number of sulfonamides is 1. The van der Waals surface area contributed by atoms with Gasteiger partial charge in [-0.3, -0.25) is 9.52 Å². The molecule has 0 atom stereocenters. The summed E-state index contributed by atoms with van der Waals surface area (Å²) in [5.41, 5.74) is 1.19. The van der Waals surface area contributed by atoms with Gasteiger partial charge in [-0.25, -0.2) is 8.42 Å². The van der Waals surface area contributed by atoms with Crippen molar-refractivity contribution in [3.05, 3.63) is 65.4 Å². The molecule has 3 rings (SSSR count). The highest BCUT2D eigenvalue weighted by Crippen LogP contribution is 2.33. The lowest BCUT2D eigenvalue weighted by molar-refractivity contribution is -0.155. The molecule has 0 aliphatic rings. The molecule has 1 N–H and O–H groups in total. The van der Waals surface area contributed by atoms with Gasteiger partial charge in [-0.15, -0.1) is 0 Å². The average molecular weight is 438 g/mol. The first-order chi connectivity index (χ1) is 14.0. The third-order valence-electron chi connectivity index (χ3n) is 4.37. The van der Waals surface area contributed by atoms with E-state index in [0.29, 0.717) is 23.6 Å². The lowest BCUT2D eigenvalue weighted by atomic mass is 10.1. The fourth-order valence-electron chi connectivity index (χ4n) is 2.78. The number of carbonyl (C=O) groups excluding carboxylic acids is 1. The summed E-state index contributed by atoms with van der Waals surface area (Å²) in [4.78, 5) is 11.3. The molecular weight excluding hydrogens is 421 g/mol. The van der Waals surface area contributed by atoms with Crippen LogP contribution >= 0.6 is 0 Å². The third kappa shape index (κ3) is 4.54. The van der Waals surface area contributed by atoms with Gasteiger partial charge in [-0.2, -0.15) is 13.2 Å². The first-order valence-electron chi connectivity index (χ1n) is 8.82. The zero-order valence-electron chi connectivity index (χ0n) is 15.9. The highest BCUT2D eigenvalue weighted by atomic mass is 32.2. The Morgan fingerprint density at radius 3 is 2.30 bits per heavy atom. The molecule has 2 aromatic carbocycles. The van der Waals surface area contributed by atoms with Crippen LogP contribution in [0, 0.1) is 0 Å². The van der Waals surface area contributed by atoms with Gasteiger partial charge in [0.25, 0.3) is 10.0 Å². The minimum absolute atomic E-state index is 0.0882. The predicted molar refractivity (Wildman–Crippen MR) is 104 cm³/mol. The van der Waals surface area contributed by atoms with Crippen LogP contribution in [-0.4, -0.2) is 19.4 Å². The molecule has 0 aliphatic heterocycles. The number of anilines is 1. The molecule has 0 saturated carbocycles. The number of Topliss-reactive ketones (excluding diaryl/α,β-unsaturated/α-hetero) is 1. The molecule has 10 heteroatoms. The molecule has 0 radical (unpaired) electrons. The maximum Gasteiger partial charge on any atom is 0.452 e. The van der Waals surface area contributed by atoms with Crippen molar-refractivity contribution >= 4 is 21.5 Å². The van der Waals surface area contributed by atoms with E-state index in [1.165, 1.54) is 49.4 Å². The van der Waals surface area contributed by atoms with E-state index in [0.717, 1.165) is 0 Å². The summed E-state index contributed by atoms with van der Waals surface area (Å²) in [6.45, 7) is 3.15. The first-order valence-corrected chi connectivity index (χ1v) is 10.3. The van der Waals surface area contributed by atoms with Crippen LogP contribution < -0.4 is 4.72 Å². The van der Waals surface area contributed by atoms with Crippen LogP contribution in [0.25, 0.3) is 11.3 Å². The summed E-state index contributed by atoms with van der Waals surface area (Å²) in [6.07, 6.45) is -4.32. The van der Waals surface area contributed by atoms with E-state index in [4.69, 9.17) is 0 Å². The van der Waals surface area contributed by atoms with Crippen molar-refractivity contribution in [3.8, 4) is 11.3 Å². The Bertz CT molecular complexity index is 1180. The van der Waals surface area contributed by atoms with Gasteiger partial charge in [0, 0.05) is 22.9 Å². The van der Waals surface area contributed by atoms with Gasteiger partial charge in [0.1, 0.15) is 5.69 Å². The molecular formula is C20H17F3N2O4S. The van der Waals surface area contributed by atoms with Gasteiger partial charge in [-0.05, 0) is 49.2 Å². The standard InChI is InChI=1S/C20H17F3N2O4S/c1-3-13-4-5-15(17-11-19(29-24-17)20(21,22)23)10-18(13)30(27,28)25-16-8-6-14(7-9-16)12(2)26/h4-11,25H,3H2,1-2H3. The summed E-state index contributed by atoms with van der Waals surface area (Å²) in [5.74, 6) is -1.43. The van der Waals surface area contributed by atoms with Gasteiger partial charge >= 0.3 is 6.18 Å². The Morgan fingerprint density at radius 1 is 1.10 bits per heavy atom. The molecule has 0 unspecified atom stereocenters. The topological polar surface area (TPSA) is 89.3 Å². The number of hydrogen-bond donors (Lipinski definition) is 1. The van der Waals surface area contributed by atoms with E-state index >= 15 is 0 Å². The van der Waals surface area contributed by atoms with E-state index in [9.17, 15) is 26.4 Å². The maximum absolute atomic E-state index is 12.9. The number of nitrogens with one attached hydrogen (secondary N) is 1. The van der Waals surface area contributed by atoms with Crippen molar-refractivity contribution in [1.82, 2.24) is 5.16 Å². The minimum atomic E-state index is -4.70. The van der Waals surface area contributed by atoms with Crippen molar-refractivity contribution in [2.24, 2.45) is 0 Å². The van der Waals surface area contributed by atoms with Crippen molar-refractivity contribution < 1.29 is 30.9 Å². The van der Waals surface area contributed by atoms with Crippen LogP contribution in [0.5, 0.6) is 0 Å². The van der Waals surface area contributed by atoms with E-state index in [1.54, 1.807) is 6.92 Å². The second-order valence-corrected chi connectivity index (χ2v) is 8.14. The number of halogens is 3. The molecule has 0 fully saturated rings. The van der Waals surface area contributed by atoms with Crippen LogP contribution in [0.1, 0.15) is 35.5 Å². The quantitative estimate of drug-likeness (QED) is 0.552. The number of hydrogen-bond acceptors (Lipinski definition) is 5. The van der Waals surface area contributed by atoms with Crippen molar-refractivity contribution in [1.29, 1.82) is 0 Å². The number of ketones is 1. The predicted octanol–water partition coefficient (Wildman–Crippen LogP) is 4.93. The molecule has 0 aliphatic carbocycles. The smallest absolute Gasteiger partial charge is 0.351 e. The molecule has 1 aromatic heterocycles. The van der Waals surface area contributed by atoms with Crippen molar-refractivity contribution in [2.45, 2.75) is 31.3 Å². The number of benzene rings is 2. The maximum atomic E-state index is 12.9. The molecule has 0 bridgehead atoms. The summed E-state index contributed by atoms with van der Waals surface area (Å²) in [6, 6.07) is 10.9. The Balaban J connectivity index is 1.98. The summed E-state index contributed by atoms with van der Waals surface area (Å²) in [7, 11) is -4.06. The molecule has 1 heterocycles. The zero-order chi connectivity index (χ0) is 22.1. The van der Waals surface area contributed by atoms with Gasteiger partial charge in [0.15, 0.2) is 5.78 Å². The fourth-order valence-corrected chi connectivity index (χ4v) is 4.18. The Hall–Kier alpha value is -3.14.